The molecule has 0 spiro atoms. The van der Waals surface area contributed by atoms with Gasteiger partial charge in [-0.2, -0.15) is 0 Å². The van der Waals surface area contributed by atoms with Crippen LogP contribution in [-0.4, -0.2) is 53.5 Å². The normalized spacial score (nSPS) is 19.2. The summed E-state index contributed by atoms with van der Waals surface area (Å²) < 4.78 is 0. The number of aryl methyl sites for hydroxylation is 1. The Kier molecular flexibility index (Phi) is 11.4. The molecule has 0 radical (unpaired) electrons. The molecule has 3 rings (SSSR count). The molecule has 2 aliphatic heterocycles. The van der Waals surface area contributed by atoms with Crippen LogP contribution < -0.4 is 0 Å². The topological polar surface area (TPSA) is 19.4 Å². The summed E-state index contributed by atoms with van der Waals surface area (Å²) in [4.78, 5) is 9.69. The van der Waals surface area contributed by atoms with E-state index < -0.39 is 0 Å². The minimum absolute atomic E-state index is 0.853. The van der Waals surface area contributed by atoms with Gasteiger partial charge in [0.15, 0.2) is 0 Å². The van der Waals surface area contributed by atoms with E-state index in [1.54, 1.807) is 0 Å². The molecule has 3 nitrogen and oxygen atoms in total. The lowest BCUT2D eigenvalue weighted by Gasteiger charge is -2.36. The van der Waals surface area contributed by atoms with E-state index in [-0.39, 0.29) is 0 Å². The van der Waals surface area contributed by atoms with Crippen LogP contribution in [0.5, 0.6) is 0 Å². The Bertz CT molecular complexity index is 453. The van der Waals surface area contributed by atoms with E-state index in [4.69, 9.17) is 0 Å². The zero-order valence-corrected chi connectivity index (χ0v) is 17.2. The van der Waals surface area contributed by atoms with Gasteiger partial charge in [0.25, 0.3) is 0 Å². The monoisotopic (exact) mass is 345 g/mol. The van der Waals surface area contributed by atoms with Crippen LogP contribution in [0.4, 0.5) is 0 Å². The molecule has 2 saturated heterocycles. The summed E-state index contributed by atoms with van der Waals surface area (Å²) in [6, 6.07) is 5.06. The van der Waals surface area contributed by atoms with Crippen LogP contribution in [0.25, 0.3) is 6.08 Å². The van der Waals surface area contributed by atoms with E-state index in [0.29, 0.717) is 0 Å². The van der Waals surface area contributed by atoms with Crippen molar-refractivity contribution in [2.45, 2.75) is 66.3 Å². The van der Waals surface area contributed by atoms with E-state index >= 15 is 0 Å². The van der Waals surface area contributed by atoms with Gasteiger partial charge in [0.05, 0.1) is 5.69 Å². The van der Waals surface area contributed by atoms with Crippen LogP contribution in [0.1, 0.15) is 64.6 Å². The number of likely N-dealkylation sites (tertiary alicyclic amines) is 2. The van der Waals surface area contributed by atoms with Gasteiger partial charge in [0.2, 0.25) is 0 Å². The van der Waals surface area contributed by atoms with Crippen molar-refractivity contribution in [3.63, 3.8) is 0 Å². The van der Waals surface area contributed by atoms with Crippen molar-refractivity contribution in [2.24, 2.45) is 0 Å². The van der Waals surface area contributed by atoms with Crippen LogP contribution in [0, 0.1) is 6.92 Å². The van der Waals surface area contributed by atoms with Crippen molar-refractivity contribution in [1.29, 1.82) is 0 Å². The smallest absolute Gasteiger partial charge is 0.0627 e. The van der Waals surface area contributed by atoms with Crippen molar-refractivity contribution in [3.05, 3.63) is 35.7 Å². The first-order valence-electron chi connectivity index (χ1n) is 10.4. The molecule has 25 heavy (non-hydrogen) atoms. The number of aromatic nitrogens is 1. The standard InChI is InChI=1S/C18H27N3.2C2H6/c1-16-6-7-17(19-15-16)5-4-10-20-13-8-18(9-14-20)21-11-2-3-12-21;2*1-2/h4-7,15,18H,2-3,8-14H2,1H3;2*1-2H3/b5-4+;;. The average Bonchev–Trinajstić information content (AvgIpc) is 3.22. The first kappa shape index (κ1) is 21.9. The van der Waals surface area contributed by atoms with Gasteiger partial charge in [0, 0.05) is 18.8 Å². The summed E-state index contributed by atoms with van der Waals surface area (Å²) in [5.41, 5.74) is 2.28. The van der Waals surface area contributed by atoms with Crippen LogP contribution >= 0.6 is 0 Å². The molecular formula is C22H39N3. The van der Waals surface area contributed by atoms with Crippen molar-refractivity contribution in [2.75, 3.05) is 32.7 Å². The molecule has 3 heterocycles. The van der Waals surface area contributed by atoms with Gasteiger partial charge in [-0.25, -0.2) is 0 Å². The maximum Gasteiger partial charge on any atom is 0.0627 e. The van der Waals surface area contributed by atoms with Gasteiger partial charge in [-0.3, -0.25) is 9.88 Å². The highest BCUT2D eigenvalue weighted by molar-refractivity contribution is 5.44. The van der Waals surface area contributed by atoms with Gasteiger partial charge in [-0.1, -0.05) is 39.8 Å². The van der Waals surface area contributed by atoms with Gasteiger partial charge < -0.3 is 4.90 Å². The fourth-order valence-corrected chi connectivity index (χ4v) is 3.47. The third-order valence-corrected chi connectivity index (χ3v) is 4.80. The second-order valence-corrected chi connectivity index (χ2v) is 6.44. The summed E-state index contributed by atoms with van der Waals surface area (Å²) in [5.74, 6) is 0. The average molecular weight is 346 g/mol. The van der Waals surface area contributed by atoms with Gasteiger partial charge in [0.1, 0.15) is 0 Å². The Hall–Kier alpha value is -1.19. The number of hydrogen-bond acceptors (Lipinski definition) is 3. The van der Waals surface area contributed by atoms with Crippen molar-refractivity contribution in [1.82, 2.24) is 14.8 Å². The van der Waals surface area contributed by atoms with E-state index in [1.807, 2.05) is 33.9 Å². The molecule has 142 valence electrons. The fourth-order valence-electron chi connectivity index (χ4n) is 3.47. The lowest BCUT2D eigenvalue weighted by atomic mass is 10.0. The molecule has 2 aliphatic rings. The molecule has 1 aromatic rings. The van der Waals surface area contributed by atoms with Gasteiger partial charge in [-0.15, -0.1) is 0 Å². The molecule has 0 N–H and O–H groups in total. The Morgan fingerprint density at radius 2 is 1.64 bits per heavy atom. The molecule has 0 unspecified atom stereocenters. The van der Waals surface area contributed by atoms with Crippen LogP contribution in [0.3, 0.4) is 0 Å². The van der Waals surface area contributed by atoms with Crippen molar-refractivity contribution in [3.8, 4) is 0 Å². The summed E-state index contributed by atoms with van der Waals surface area (Å²) >= 11 is 0. The first-order valence-corrected chi connectivity index (χ1v) is 10.4. The third kappa shape index (κ3) is 7.70. The molecule has 0 aromatic carbocycles. The SMILES string of the molecule is CC.CC.Cc1ccc(/C=C/CN2CCC(N3CCCC3)CC2)nc1. The van der Waals surface area contributed by atoms with E-state index in [1.165, 1.54) is 57.4 Å². The second-order valence-electron chi connectivity index (χ2n) is 6.44. The highest BCUT2D eigenvalue weighted by Crippen LogP contribution is 2.20. The molecule has 0 amide bonds. The maximum absolute atomic E-state index is 4.41. The minimum atomic E-state index is 0.853. The Balaban J connectivity index is 0.000000730. The first-order chi connectivity index (χ1) is 12.3. The third-order valence-electron chi connectivity index (χ3n) is 4.80. The quantitative estimate of drug-likeness (QED) is 0.764. The zero-order valence-electron chi connectivity index (χ0n) is 17.2. The van der Waals surface area contributed by atoms with Crippen molar-refractivity contribution >= 4 is 6.08 Å². The fraction of sp³-hybridized carbons (Fsp3) is 0.682. The number of pyridine rings is 1. The summed E-state index contributed by atoms with van der Waals surface area (Å²) in [5, 5.41) is 0. The highest BCUT2D eigenvalue weighted by Gasteiger charge is 2.25. The minimum Gasteiger partial charge on any atom is -0.300 e. The highest BCUT2D eigenvalue weighted by atomic mass is 15.2. The van der Waals surface area contributed by atoms with Crippen LogP contribution in [0.2, 0.25) is 0 Å². The van der Waals surface area contributed by atoms with Crippen LogP contribution in [-0.2, 0) is 0 Å². The van der Waals surface area contributed by atoms with Gasteiger partial charge >= 0.3 is 0 Å². The van der Waals surface area contributed by atoms with Gasteiger partial charge in [-0.05, 0) is 76.5 Å². The molecular weight excluding hydrogens is 306 g/mol. The number of rotatable bonds is 4. The van der Waals surface area contributed by atoms with E-state index in [2.05, 4.69) is 46.0 Å². The second kappa shape index (κ2) is 13.1. The molecule has 1 aromatic heterocycles. The molecule has 0 saturated carbocycles. The summed E-state index contributed by atoms with van der Waals surface area (Å²) in [6.07, 6.45) is 11.8. The molecule has 0 bridgehead atoms. The Morgan fingerprint density at radius 1 is 1.00 bits per heavy atom. The molecule has 3 heteroatoms. The van der Waals surface area contributed by atoms with Crippen LogP contribution in [0.15, 0.2) is 24.4 Å². The molecule has 0 atom stereocenters. The Labute approximate surface area is 156 Å². The Morgan fingerprint density at radius 3 is 2.20 bits per heavy atom. The van der Waals surface area contributed by atoms with Crippen molar-refractivity contribution < 1.29 is 0 Å². The lowest BCUT2D eigenvalue weighted by molar-refractivity contribution is 0.135. The number of nitrogens with zero attached hydrogens (tertiary/aromatic N) is 3. The largest absolute Gasteiger partial charge is 0.300 e. The predicted octanol–water partition coefficient (Wildman–Crippen LogP) is 5.02. The lowest BCUT2D eigenvalue weighted by Crippen LogP contribution is -2.43. The zero-order chi connectivity index (χ0) is 18.5. The predicted molar refractivity (Wildman–Crippen MR) is 111 cm³/mol. The van der Waals surface area contributed by atoms with E-state index in [9.17, 15) is 0 Å². The summed E-state index contributed by atoms with van der Waals surface area (Å²) in [7, 11) is 0. The summed E-state index contributed by atoms with van der Waals surface area (Å²) in [6.45, 7) is 16.3. The molecule has 0 aliphatic carbocycles. The van der Waals surface area contributed by atoms with E-state index in [0.717, 1.165) is 18.3 Å². The number of piperidine rings is 1. The number of hydrogen-bond donors (Lipinski definition) is 0. The maximum atomic E-state index is 4.41. The molecule has 2 fully saturated rings.